The number of nitrogens with zero attached hydrogens (tertiary/aromatic N) is 1. The van der Waals surface area contributed by atoms with Gasteiger partial charge in [0.1, 0.15) is 11.9 Å². The first kappa shape index (κ1) is 17.1. The average molecular weight is 343 g/mol. The van der Waals surface area contributed by atoms with Crippen LogP contribution in [0.2, 0.25) is 0 Å². The first-order valence-electron chi connectivity index (χ1n) is 8.30. The Morgan fingerprint density at radius 3 is 2.44 bits per heavy atom. The Balaban J connectivity index is 1.58. The summed E-state index contributed by atoms with van der Waals surface area (Å²) < 4.78 is 11.2. The van der Waals surface area contributed by atoms with Crippen LogP contribution < -0.4 is 4.74 Å². The number of ether oxygens (including phenoxy) is 1. The molecule has 3 rings (SSSR count). The zero-order valence-corrected chi connectivity index (χ0v) is 14.3. The fourth-order valence-electron chi connectivity index (χ4n) is 2.91. The van der Waals surface area contributed by atoms with Crippen LogP contribution in [-0.4, -0.2) is 41.1 Å². The van der Waals surface area contributed by atoms with E-state index in [-0.39, 0.29) is 23.5 Å². The number of rotatable bonds is 4. The largest absolute Gasteiger partial charge is 0.490 e. The van der Waals surface area contributed by atoms with E-state index >= 15 is 0 Å². The van der Waals surface area contributed by atoms with Crippen LogP contribution in [0.4, 0.5) is 0 Å². The van der Waals surface area contributed by atoms with Crippen LogP contribution in [0.25, 0.3) is 0 Å². The molecule has 0 bridgehead atoms. The molecule has 1 aromatic heterocycles. The lowest BCUT2D eigenvalue weighted by atomic mass is 10.1. The van der Waals surface area contributed by atoms with Crippen molar-refractivity contribution in [1.82, 2.24) is 4.90 Å². The van der Waals surface area contributed by atoms with Gasteiger partial charge in [-0.05, 0) is 43.2 Å². The standard InChI is InChI=1S/C19H21NO5/c1-12-3-4-13(2)17(11-12)24-14-7-9-20(10-8-14)18(21)15-5-6-16(25-15)19(22)23/h3-6,11,14H,7-10H2,1-2H3,(H,22,23). The van der Waals surface area contributed by atoms with Crippen molar-refractivity contribution >= 4 is 11.9 Å². The van der Waals surface area contributed by atoms with Gasteiger partial charge in [0.05, 0.1) is 0 Å². The first-order chi connectivity index (χ1) is 11.9. The Kier molecular flexibility index (Phi) is 4.79. The Hall–Kier alpha value is -2.76. The summed E-state index contributed by atoms with van der Waals surface area (Å²) in [4.78, 5) is 24.9. The molecule has 6 nitrogen and oxygen atoms in total. The van der Waals surface area contributed by atoms with E-state index in [1.165, 1.54) is 12.1 Å². The van der Waals surface area contributed by atoms with Gasteiger partial charge in [-0.2, -0.15) is 0 Å². The van der Waals surface area contributed by atoms with Gasteiger partial charge in [-0.3, -0.25) is 4.79 Å². The number of aryl methyl sites for hydroxylation is 2. The van der Waals surface area contributed by atoms with Gasteiger partial charge in [-0.1, -0.05) is 12.1 Å². The van der Waals surface area contributed by atoms with Crippen molar-refractivity contribution in [3.63, 3.8) is 0 Å². The van der Waals surface area contributed by atoms with Gasteiger partial charge in [0, 0.05) is 25.9 Å². The highest BCUT2D eigenvalue weighted by molar-refractivity contribution is 5.93. The third kappa shape index (κ3) is 3.84. The fraction of sp³-hybridized carbons (Fsp3) is 0.368. The molecular formula is C19H21NO5. The SMILES string of the molecule is Cc1ccc(C)c(OC2CCN(C(=O)c3ccc(C(=O)O)o3)CC2)c1. The van der Waals surface area contributed by atoms with Crippen molar-refractivity contribution in [2.75, 3.05) is 13.1 Å². The highest BCUT2D eigenvalue weighted by Gasteiger charge is 2.27. The number of benzene rings is 1. The number of likely N-dealkylation sites (tertiary alicyclic amines) is 1. The van der Waals surface area contributed by atoms with E-state index in [9.17, 15) is 9.59 Å². The average Bonchev–Trinajstić information content (AvgIpc) is 3.08. The van der Waals surface area contributed by atoms with E-state index in [1.54, 1.807) is 4.90 Å². The molecule has 1 aromatic carbocycles. The number of carboxylic acids is 1. The van der Waals surface area contributed by atoms with Gasteiger partial charge in [-0.15, -0.1) is 0 Å². The van der Waals surface area contributed by atoms with E-state index in [4.69, 9.17) is 14.3 Å². The molecular weight excluding hydrogens is 322 g/mol. The smallest absolute Gasteiger partial charge is 0.371 e. The van der Waals surface area contributed by atoms with Crippen LogP contribution >= 0.6 is 0 Å². The number of amides is 1. The molecule has 1 saturated heterocycles. The predicted molar refractivity (Wildman–Crippen MR) is 91.1 cm³/mol. The molecule has 132 valence electrons. The quantitative estimate of drug-likeness (QED) is 0.921. The molecule has 1 fully saturated rings. The van der Waals surface area contributed by atoms with E-state index in [1.807, 2.05) is 26.0 Å². The first-order valence-corrected chi connectivity index (χ1v) is 8.30. The highest BCUT2D eigenvalue weighted by atomic mass is 16.5. The number of furan rings is 1. The van der Waals surface area contributed by atoms with Crippen LogP contribution in [-0.2, 0) is 0 Å². The van der Waals surface area contributed by atoms with Crippen LogP contribution in [0.1, 0.15) is 45.1 Å². The molecule has 0 saturated carbocycles. The summed E-state index contributed by atoms with van der Waals surface area (Å²) in [7, 11) is 0. The second-order valence-electron chi connectivity index (χ2n) is 6.35. The summed E-state index contributed by atoms with van der Waals surface area (Å²) in [6.45, 7) is 5.15. The zero-order valence-electron chi connectivity index (χ0n) is 14.3. The monoisotopic (exact) mass is 343 g/mol. The maximum Gasteiger partial charge on any atom is 0.371 e. The highest BCUT2D eigenvalue weighted by Crippen LogP contribution is 2.24. The molecule has 25 heavy (non-hydrogen) atoms. The van der Waals surface area contributed by atoms with Crippen molar-refractivity contribution in [2.45, 2.75) is 32.8 Å². The molecule has 2 heterocycles. The van der Waals surface area contributed by atoms with Gasteiger partial charge < -0.3 is 19.2 Å². The number of hydrogen-bond donors (Lipinski definition) is 1. The van der Waals surface area contributed by atoms with Gasteiger partial charge in [0.25, 0.3) is 5.91 Å². The molecule has 1 aliphatic rings. The van der Waals surface area contributed by atoms with Crippen LogP contribution in [0.3, 0.4) is 0 Å². The molecule has 0 aliphatic carbocycles. The molecule has 0 atom stereocenters. The Labute approximate surface area is 146 Å². The van der Waals surface area contributed by atoms with Crippen molar-refractivity contribution in [3.05, 3.63) is 53.0 Å². The number of hydrogen-bond acceptors (Lipinski definition) is 4. The van der Waals surface area contributed by atoms with E-state index < -0.39 is 5.97 Å². The third-order valence-corrected chi connectivity index (χ3v) is 4.39. The summed E-state index contributed by atoms with van der Waals surface area (Å²) in [5, 5.41) is 8.87. The minimum Gasteiger partial charge on any atom is -0.490 e. The van der Waals surface area contributed by atoms with Crippen molar-refractivity contribution in [2.24, 2.45) is 0 Å². The van der Waals surface area contributed by atoms with E-state index in [0.29, 0.717) is 13.1 Å². The van der Waals surface area contributed by atoms with Gasteiger partial charge >= 0.3 is 5.97 Å². The molecule has 6 heteroatoms. The van der Waals surface area contributed by atoms with E-state index in [0.717, 1.165) is 29.7 Å². The van der Waals surface area contributed by atoms with Gasteiger partial charge in [-0.25, -0.2) is 4.79 Å². The molecule has 1 N–H and O–H groups in total. The molecule has 0 unspecified atom stereocenters. The summed E-state index contributed by atoms with van der Waals surface area (Å²) in [6.07, 6.45) is 1.52. The Morgan fingerprint density at radius 1 is 1.12 bits per heavy atom. The second kappa shape index (κ2) is 7.01. The minimum atomic E-state index is -1.18. The topological polar surface area (TPSA) is 80.0 Å². The Morgan fingerprint density at radius 2 is 1.80 bits per heavy atom. The van der Waals surface area contributed by atoms with Crippen LogP contribution in [0.5, 0.6) is 5.75 Å². The van der Waals surface area contributed by atoms with Gasteiger partial charge in [0.2, 0.25) is 5.76 Å². The van der Waals surface area contributed by atoms with Gasteiger partial charge in [0.15, 0.2) is 5.76 Å². The molecule has 2 aromatic rings. The van der Waals surface area contributed by atoms with Crippen LogP contribution in [0.15, 0.2) is 34.7 Å². The third-order valence-electron chi connectivity index (χ3n) is 4.39. The predicted octanol–water partition coefficient (Wildman–Crippen LogP) is 3.28. The second-order valence-corrected chi connectivity index (χ2v) is 6.35. The molecule has 0 spiro atoms. The van der Waals surface area contributed by atoms with Crippen LogP contribution in [0, 0.1) is 13.8 Å². The zero-order chi connectivity index (χ0) is 18.0. The molecule has 0 radical (unpaired) electrons. The van der Waals surface area contributed by atoms with Crippen molar-refractivity contribution < 1.29 is 23.8 Å². The summed E-state index contributed by atoms with van der Waals surface area (Å²) in [5.41, 5.74) is 2.25. The number of carbonyl (C=O) groups excluding carboxylic acids is 1. The number of aromatic carboxylic acids is 1. The Bertz CT molecular complexity index is 787. The number of carbonyl (C=O) groups is 2. The summed E-state index contributed by atoms with van der Waals surface area (Å²) >= 11 is 0. The summed E-state index contributed by atoms with van der Waals surface area (Å²) in [6, 6.07) is 8.83. The van der Waals surface area contributed by atoms with E-state index in [2.05, 4.69) is 6.07 Å². The summed E-state index contributed by atoms with van der Waals surface area (Å²) in [5.74, 6) is -0.734. The minimum absolute atomic E-state index is 0.0614. The lowest BCUT2D eigenvalue weighted by molar-refractivity contribution is 0.0558. The van der Waals surface area contributed by atoms with Crippen molar-refractivity contribution in [1.29, 1.82) is 0 Å². The molecule has 1 aliphatic heterocycles. The number of piperidine rings is 1. The number of carboxylic acid groups (broad SMARTS) is 1. The normalized spacial score (nSPS) is 15.2. The van der Waals surface area contributed by atoms with Crippen molar-refractivity contribution in [3.8, 4) is 5.75 Å². The maximum atomic E-state index is 12.4. The lowest BCUT2D eigenvalue weighted by Crippen LogP contribution is -2.41. The lowest BCUT2D eigenvalue weighted by Gasteiger charge is -2.32. The molecule has 1 amide bonds. The maximum absolute atomic E-state index is 12.4. The fourth-order valence-corrected chi connectivity index (χ4v) is 2.91.